The first kappa shape index (κ1) is 20.8. The lowest BCUT2D eigenvalue weighted by molar-refractivity contribution is -0.115. The highest BCUT2D eigenvalue weighted by atomic mass is 32.2. The Morgan fingerprint density at radius 1 is 1.15 bits per heavy atom. The normalized spacial score (nSPS) is 16.1. The first-order valence-corrected chi connectivity index (χ1v) is 11.0. The van der Waals surface area contributed by atoms with E-state index in [2.05, 4.69) is 10.3 Å². The second kappa shape index (κ2) is 8.48. The molecule has 5 rings (SSSR count). The predicted octanol–water partition coefficient (Wildman–Crippen LogP) is 5.18. The number of thioether (sulfide) groups is 1. The number of aliphatic imine (C=N–C) groups is 1. The van der Waals surface area contributed by atoms with Crippen molar-refractivity contribution in [3.63, 3.8) is 0 Å². The smallest absolute Gasteiger partial charge is 0.371 e. The standard InChI is InChI=1S/C25H19N3O4S/c1-15-6-8-17(9-7-15)26-25-27-23(29)22(33-25)12-16-13-28(20-5-3-2-4-19(16)20)14-18-10-11-21(32-18)24(30)31/h2-13H,14H2,1H3,(H,30,31)(H,26,27,29)/b22-12-. The minimum atomic E-state index is -1.10. The fourth-order valence-corrected chi connectivity index (χ4v) is 4.46. The van der Waals surface area contributed by atoms with Crippen LogP contribution in [0.2, 0.25) is 0 Å². The Hall–Kier alpha value is -4.04. The van der Waals surface area contributed by atoms with Gasteiger partial charge in [0.1, 0.15) is 5.76 Å². The zero-order chi connectivity index (χ0) is 22.9. The molecule has 0 bridgehead atoms. The molecule has 0 aliphatic carbocycles. The van der Waals surface area contributed by atoms with Gasteiger partial charge in [-0.1, -0.05) is 35.9 Å². The monoisotopic (exact) mass is 457 g/mol. The topological polar surface area (TPSA) is 96.8 Å². The third-order valence-electron chi connectivity index (χ3n) is 5.22. The number of aromatic carboxylic acids is 1. The third kappa shape index (κ3) is 4.33. The van der Waals surface area contributed by atoms with E-state index in [9.17, 15) is 9.59 Å². The summed E-state index contributed by atoms with van der Waals surface area (Å²) < 4.78 is 7.39. The van der Waals surface area contributed by atoms with Crippen molar-refractivity contribution in [3.05, 3.63) is 94.4 Å². The van der Waals surface area contributed by atoms with Gasteiger partial charge in [-0.05, 0) is 55.1 Å². The van der Waals surface area contributed by atoms with E-state index in [0.717, 1.165) is 27.7 Å². The Morgan fingerprint density at radius 2 is 1.94 bits per heavy atom. The Kier molecular flexibility index (Phi) is 5.35. The van der Waals surface area contributed by atoms with E-state index < -0.39 is 5.97 Å². The van der Waals surface area contributed by atoms with E-state index in [1.54, 1.807) is 6.07 Å². The van der Waals surface area contributed by atoms with Crippen molar-refractivity contribution in [2.45, 2.75) is 13.5 Å². The number of furan rings is 1. The zero-order valence-corrected chi connectivity index (χ0v) is 18.4. The highest BCUT2D eigenvalue weighted by Crippen LogP contribution is 2.31. The minimum Gasteiger partial charge on any atom is -0.475 e. The van der Waals surface area contributed by atoms with Crippen LogP contribution in [0.5, 0.6) is 0 Å². The van der Waals surface area contributed by atoms with Crippen molar-refractivity contribution in [2.24, 2.45) is 4.99 Å². The molecule has 0 radical (unpaired) electrons. The minimum absolute atomic E-state index is 0.0942. The van der Waals surface area contributed by atoms with Crippen LogP contribution in [0.15, 0.2) is 81.2 Å². The van der Waals surface area contributed by atoms with Crippen LogP contribution in [0.4, 0.5) is 5.69 Å². The molecule has 33 heavy (non-hydrogen) atoms. The highest BCUT2D eigenvalue weighted by molar-refractivity contribution is 8.18. The van der Waals surface area contributed by atoms with Gasteiger partial charge < -0.3 is 19.4 Å². The molecule has 1 saturated heterocycles. The number of amides is 1. The first-order chi connectivity index (χ1) is 16.0. The number of hydrogen-bond acceptors (Lipinski definition) is 5. The van der Waals surface area contributed by atoms with Gasteiger partial charge in [-0.2, -0.15) is 0 Å². The molecule has 0 atom stereocenters. The predicted molar refractivity (Wildman–Crippen MR) is 129 cm³/mol. The number of carbonyl (C=O) groups excluding carboxylic acids is 1. The van der Waals surface area contributed by atoms with Gasteiger partial charge in [0, 0.05) is 22.7 Å². The molecule has 4 aromatic rings. The van der Waals surface area contributed by atoms with Crippen molar-refractivity contribution in [2.75, 3.05) is 0 Å². The summed E-state index contributed by atoms with van der Waals surface area (Å²) in [5, 5.41) is 13.4. The van der Waals surface area contributed by atoms with E-state index in [4.69, 9.17) is 9.52 Å². The SMILES string of the molecule is Cc1ccc(N=C2NC(=O)/C(=C/c3cn(Cc4ccc(C(=O)O)o4)c4ccccc34)S2)cc1. The molecule has 1 aliphatic heterocycles. The Balaban J connectivity index is 1.45. The summed E-state index contributed by atoms with van der Waals surface area (Å²) >= 11 is 1.30. The summed E-state index contributed by atoms with van der Waals surface area (Å²) in [6.45, 7) is 2.38. The summed E-state index contributed by atoms with van der Waals surface area (Å²) in [7, 11) is 0. The van der Waals surface area contributed by atoms with Gasteiger partial charge in [0.2, 0.25) is 5.76 Å². The number of carboxylic acid groups (broad SMARTS) is 1. The maximum atomic E-state index is 12.6. The van der Waals surface area contributed by atoms with E-state index >= 15 is 0 Å². The van der Waals surface area contributed by atoms with Gasteiger partial charge in [-0.3, -0.25) is 4.79 Å². The molecular weight excluding hydrogens is 438 g/mol. The highest BCUT2D eigenvalue weighted by Gasteiger charge is 2.24. The Labute approximate surface area is 193 Å². The van der Waals surface area contributed by atoms with Crippen molar-refractivity contribution >= 4 is 51.5 Å². The van der Waals surface area contributed by atoms with Crippen LogP contribution < -0.4 is 5.32 Å². The van der Waals surface area contributed by atoms with Gasteiger partial charge in [0.15, 0.2) is 5.17 Å². The van der Waals surface area contributed by atoms with Crippen LogP contribution in [-0.2, 0) is 11.3 Å². The summed E-state index contributed by atoms with van der Waals surface area (Å²) in [5.41, 5.74) is 3.76. The van der Waals surface area contributed by atoms with Crippen molar-refractivity contribution in [1.82, 2.24) is 9.88 Å². The molecule has 2 aromatic heterocycles. The number of para-hydroxylation sites is 1. The first-order valence-electron chi connectivity index (χ1n) is 10.2. The number of nitrogens with zero attached hydrogens (tertiary/aromatic N) is 2. The van der Waals surface area contributed by atoms with Crippen LogP contribution in [0.1, 0.15) is 27.4 Å². The maximum Gasteiger partial charge on any atom is 0.371 e. The summed E-state index contributed by atoms with van der Waals surface area (Å²) in [5.74, 6) is -0.854. The molecule has 0 unspecified atom stereocenters. The van der Waals surface area contributed by atoms with Gasteiger partial charge >= 0.3 is 5.97 Å². The molecule has 1 aliphatic rings. The fraction of sp³-hybridized carbons (Fsp3) is 0.0800. The van der Waals surface area contributed by atoms with Crippen molar-refractivity contribution in [1.29, 1.82) is 0 Å². The van der Waals surface area contributed by atoms with Gasteiger partial charge in [0.05, 0.1) is 17.1 Å². The summed E-state index contributed by atoms with van der Waals surface area (Å²) in [6, 6.07) is 18.7. The average Bonchev–Trinajstić information content (AvgIpc) is 3.49. The quantitative estimate of drug-likeness (QED) is 0.403. The summed E-state index contributed by atoms with van der Waals surface area (Å²) in [6.07, 6.45) is 3.78. The van der Waals surface area contributed by atoms with E-state index in [-0.39, 0.29) is 11.7 Å². The number of aryl methyl sites for hydroxylation is 1. The molecule has 1 fully saturated rings. The lowest BCUT2D eigenvalue weighted by Crippen LogP contribution is -2.19. The molecule has 2 N–H and O–H groups in total. The number of rotatable bonds is 5. The van der Waals surface area contributed by atoms with E-state index in [1.807, 2.05) is 72.3 Å². The van der Waals surface area contributed by atoms with Crippen LogP contribution >= 0.6 is 11.8 Å². The van der Waals surface area contributed by atoms with E-state index in [0.29, 0.717) is 22.4 Å². The number of amidine groups is 1. The molecule has 1 amide bonds. The molecular formula is C25H19N3O4S. The molecule has 0 saturated carbocycles. The number of carboxylic acids is 1. The van der Waals surface area contributed by atoms with Gasteiger partial charge in [-0.15, -0.1) is 0 Å². The largest absolute Gasteiger partial charge is 0.475 e. The molecule has 8 heteroatoms. The number of benzene rings is 2. The van der Waals surface area contributed by atoms with Crippen molar-refractivity contribution < 1.29 is 19.1 Å². The molecule has 164 valence electrons. The molecule has 7 nitrogen and oxygen atoms in total. The lowest BCUT2D eigenvalue weighted by Gasteiger charge is -2.02. The van der Waals surface area contributed by atoms with E-state index in [1.165, 1.54) is 17.8 Å². The Bertz CT molecular complexity index is 1440. The van der Waals surface area contributed by atoms with Crippen LogP contribution in [0.3, 0.4) is 0 Å². The van der Waals surface area contributed by atoms with Crippen LogP contribution in [0.25, 0.3) is 17.0 Å². The van der Waals surface area contributed by atoms with Gasteiger partial charge in [0.25, 0.3) is 5.91 Å². The number of carbonyl (C=O) groups is 2. The lowest BCUT2D eigenvalue weighted by atomic mass is 10.1. The summed E-state index contributed by atoms with van der Waals surface area (Å²) in [4.78, 5) is 28.8. The number of nitrogens with one attached hydrogen (secondary N) is 1. The molecule has 2 aromatic carbocycles. The van der Waals surface area contributed by atoms with Crippen LogP contribution in [0, 0.1) is 6.92 Å². The van der Waals surface area contributed by atoms with Gasteiger partial charge in [-0.25, -0.2) is 9.79 Å². The maximum absolute atomic E-state index is 12.6. The fourth-order valence-electron chi connectivity index (χ4n) is 3.63. The Morgan fingerprint density at radius 3 is 2.70 bits per heavy atom. The number of fused-ring (bicyclic) bond motifs is 1. The zero-order valence-electron chi connectivity index (χ0n) is 17.6. The van der Waals surface area contributed by atoms with Crippen molar-refractivity contribution in [3.8, 4) is 0 Å². The average molecular weight is 458 g/mol. The second-order valence-corrected chi connectivity index (χ2v) is 8.65. The molecule has 3 heterocycles. The number of hydrogen-bond donors (Lipinski definition) is 2. The third-order valence-corrected chi connectivity index (χ3v) is 6.13. The molecule has 0 spiro atoms. The second-order valence-electron chi connectivity index (χ2n) is 7.62. The number of aromatic nitrogens is 1. The van der Waals surface area contributed by atoms with Crippen LogP contribution in [-0.4, -0.2) is 26.7 Å².